The molecule has 48 heavy (non-hydrogen) atoms. The molecule has 1 aliphatic rings. The van der Waals surface area contributed by atoms with Gasteiger partial charge in [0.2, 0.25) is 0 Å². The number of thiazole rings is 1. The Kier molecular flexibility index (Phi) is 9.88. The topological polar surface area (TPSA) is 91.2 Å². The van der Waals surface area contributed by atoms with Gasteiger partial charge < -0.3 is 19.5 Å². The zero-order valence-corrected chi connectivity index (χ0v) is 28.7. The molecule has 6 rings (SSSR count). The van der Waals surface area contributed by atoms with Gasteiger partial charge in [0.15, 0.2) is 16.3 Å². The average molecular weight is 729 g/mol. The van der Waals surface area contributed by atoms with Crippen molar-refractivity contribution in [3.8, 4) is 17.2 Å². The number of para-hydroxylation sites is 1. The SMILES string of the molecule is CCOc1ccc([C@@H]2C(C(=O)Nc3ccccc3)=C(C)N=c3s/c(=C\c4cc(Br)c(OCc5ccc(F)cc5)c(OC)c4)c(=O)n32)cc1. The van der Waals surface area contributed by atoms with E-state index in [1.807, 2.05) is 55.5 Å². The Labute approximate surface area is 288 Å². The number of carbonyl (C=O) groups is 1. The van der Waals surface area contributed by atoms with Crippen LogP contribution in [0, 0.1) is 5.82 Å². The Morgan fingerprint density at radius 3 is 2.46 bits per heavy atom. The molecule has 1 aromatic heterocycles. The van der Waals surface area contributed by atoms with E-state index in [0.717, 1.165) is 11.1 Å². The van der Waals surface area contributed by atoms with E-state index in [1.165, 1.54) is 30.6 Å². The van der Waals surface area contributed by atoms with Crippen molar-refractivity contribution in [2.75, 3.05) is 19.0 Å². The van der Waals surface area contributed by atoms with Crippen molar-refractivity contribution >= 4 is 44.9 Å². The quantitative estimate of drug-likeness (QED) is 0.172. The Morgan fingerprint density at radius 2 is 1.77 bits per heavy atom. The Hall–Kier alpha value is -5.00. The van der Waals surface area contributed by atoms with Gasteiger partial charge >= 0.3 is 0 Å². The molecule has 1 aliphatic heterocycles. The molecule has 244 valence electrons. The summed E-state index contributed by atoms with van der Waals surface area (Å²) in [6, 6.07) is 25.5. The van der Waals surface area contributed by atoms with Crippen LogP contribution in [0.1, 0.15) is 36.6 Å². The maximum absolute atomic E-state index is 14.2. The molecule has 0 bridgehead atoms. The van der Waals surface area contributed by atoms with E-state index in [2.05, 4.69) is 21.2 Å². The van der Waals surface area contributed by atoms with Gasteiger partial charge in [0.25, 0.3) is 11.5 Å². The molecule has 0 aliphatic carbocycles. The molecule has 5 aromatic rings. The van der Waals surface area contributed by atoms with Crippen LogP contribution in [0.5, 0.6) is 17.2 Å². The van der Waals surface area contributed by atoms with Crippen molar-refractivity contribution < 1.29 is 23.4 Å². The molecular weight excluding hydrogens is 697 g/mol. The number of benzene rings is 4. The third kappa shape index (κ3) is 6.97. The van der Waals surface area contributed by atoms with Gasteiger partial charge in [-0.1, -0.05) is 53.8 Å². The van der Waals surface area contributed by atoms with Crippen molar-refractivity contribution in [1.82, 2.24) is 4.57 Å². The molecule has 8 nitrogen and oxygen atoms in total. The van der Waals surface area contributed by atoms with Crippen molar-refractivity contribution in [3.05, 3.63) is 149 Å². The van der Waals surface area contributed by atoms with Crippen LogP contribution in [0.4, 0.5) is 10.1 Å². The first kappa shape index (κ1) is 32.9. The maximum atomic E-state index is 14.2. The van der Waals surface area contributed by atoms with Crippen LogP contribution in [0.25, 0.3) is 6.08 Å². The van der Waals surface area contributed by atoms with Gasteiger partial charge in [0, 0.05) is 5.69 Å². The molecule has 0 fully saturated rings. The number of anilines is 1. The van der Waals surface area contributed by atoms with Crippen LogP contribution in [0.3, 0.4) is 0 Å². The molecule has 0 spiro atoms. The monoisotopic (exact) mass is 727 g/mol. The number of fused-ring (bicyclic) bond motifs is 1. The van der Waals surface area contributed by atoms with Crippen LogP contribution >= 0.6 is 27.3 Å². The summed E-state index contributed by atoms with van der Waals surface area (Å²) in [5.74, 6) is 0.948. The number of methoxy groups -OCH3 is 1. The van der Waals surface area contributed by atoms with Gasteiger partial charge in [0.1, 0.15) is 18.2 Å². The molecule has 11 heteroatoms. The molecule has 0 saturated heterocycles. The van der Waals surface area contributed by atoms with Crippen LogP contribution < -0.4 is 34.4 Å². The zero-order valence-electron chi connectivity index (χ0n) is 26.3. The summed E-state index contributed by atoms with van der Waals surface area (Å²) >= 11 is 4.82. The highest BCUT2D eigenvalue weighted by molar-refractivity contribution is 9.10. The normalized spacial score (nSPS) is 14.3. The lowest BCUT2D eigenvalue weighted by Gasteiger charge is -2.25. The lowest BCUT2D eigenvalue weighted by molar-refractivity contribution is -0.113. The summed E-state index contributed by atoms with van der Waals surface area (Å²) in [6.07, 6.45) is 1.76. The predicted molar refractivity (Wildman–Crippen MR) is 188 cm³/mol. The summed E-state index contributed by atoms with van der Waals surface area (Å²) in [5.41, 5.74) is 3.46. The number of allylic oxidation sites excluding steroid dienone is 1. The number of hydrogen-bond donors (Lipinski definition) is 1. The first-order valence-electron chi connectivity index (χ1n) is 15.1. The van der Waals surface area contributed by atoms with Gasteiger partial charge in [-0.2, -0.15) is 0 Å². The largest absolute Gasteiger partial charge is 0.494 e. The van der Waals surface area contributed by atoms with E-state index in [4.69, 9.17) is 19.2 Å². The second-order valence-corrected chi connectivity index (χ2v) is 12.7. The first-order chi connectivity index (χ1) is 23.2. The second-order valence-electron chi connectivity index (χ2n) is 10.9. The minimum Gasteiger partial charge on any atom is -0.494 e. The summed E-state index contributed by atoms with van der Waals surface area (Å²) in [7, 11) is 1.53. The minimum atomic E-state index is -0.730. The van der Waals surface area contributed by atoms with Crippen LogP contribution in [0.15, 0.2) is 117 Å². The smallest absolute Gasteiger partial charge is 0.271 e. The number of ether oxygens (including phenoxy) is 3. The van der Waals surface area contributed by atoms with Crippen LogP contribution in [0.2, 0.25) is 0 Å². The van der Waals surface area contributed by atoms with E-state index in [1.54, 1.807) is 47.9 Å². The third-order valence-electron chi connectivity index (χ3n) is 7.65. The number of hydrogen-bond acceptors (Lipinski definition) is 7. The van der Waals surface area contributed by atoms with Gasteiger partial charge in [0.05, 0.1) is 40.0 Å². The van der Waals surface area contributed by atoms with Crippen LogP contribution in [-0.2, 0) is 11.4 Å². The number of carbonyl (C=O) groups excluding carboxylic acids is 1. The van der Waals surface area contributed by atoms with Gasteiger partial charge in [-0.3, -0.25) is 14.2 Å². The molecule has 1 N–H and O–H groups in total. The maximum Gasteiger partial charge on any atom is 0.271 e. The van der Waals surface area contributed by atoms with Gasteiger partial charge in [-0.15, -0.1) is 0 Å². The zero-order chi connectivity index (χ0) is 33.8. The van der Waals surface area contributed by atoms with E-state index in [0.29, 0.717) is 60.2 Å². The van der Waals surface area contributed by atoms with Crippen molar-refractivity contribution in [2.24, 2.45) is 4.99 Å². The second kappa shape index (κ2) is 14.4. The summed E-state index contributed by atoms with van der Waals surface area (Å²) in [6.45, 7) is 4.41. The van der Waals surface area contributed by atoms with Crippen LogP contribution in [-0.4, -0.2) is 24.2 Å². The molecule has 0 saturated carbocycles. The van der Waals surface area contributed by atoms with E-state index < -0.39 is 6.04 Å². The van der Waals surface area contributed by atoms with Crippen molar-refractivity contribution in [1.29, 1.82) is 0 Å². The fourth-order valence-corrected chi connectivity index (χ4v) is 7.03. The van der Waals surface area contributed by atoms with E-state index in [9.17, 15) is 14.0 Å². The Bertz CT molecular complexity index is 2180. The van der Waals surface area contributed by atoms with Crippen molar-refractivity contribution in [3.63, 3.8) is 0 Å². The van der Waals surface area contributed by atoms with Gasteiger partial charge in [-0.25, -0.2) is 9.38 Å². The standard InChI is InChI=1S/C37H31BrFN3O5S/c1-4-46-28-16-12-25(13-17-28)33-32(35(43)41-27-8-6-5-7-9-27)22(2)40-37-42(33)36(44)31(48-37)20-24-18-29(38)34(30(19-24)45-3)47-21-23-10-14-26(39)15-11-23/h5-20,33H,4,21H2,1-3H3,(H,41,43)/b31-20-/t33-/m1/s1. The number of amides is 1. The Balaban J connectivity index is 1.40. The summed E-state index contributed by atoms with van der Waals surface area (Å²) in [4.78, 5) is 33.2. The molecule has 2 heterocycles. The molecule has 1 amide bonds. The molecular formula is C37H31BrFN3O5S. The summed E-state index contributed by atoms with van der Waals surface area (Å²) < 4.78 is 33.3. The highest BCUT2D eigenvalue weighted by Gasteiger charge is 2.32. The number of nitrogens with zero attached hydrogens (tertiary/aromatic N) is 2. The highest BCUT2D eigenvalue weighted by atomic mass is 79.9. The fourth-order valence-electron chi connectivity index (χ4n) is 5.41. The van der Waals surface area contributed by atoms with Gasteiger partial charge in [-0.05, 0) is 101 Å². The average Bonchev–Trinajstić information content (AvgIpc) is 3.38. The highest BCUT2D eigenvalue weighted by Crippen LogP contribution is 2.37. The lowest BCUT2D eigenvalue weighted by atomic mass is 9.95. The first-order valence-corrected chi connectivity index (χ1v) is 16.7. The van der Waals surface area contributed by atoms with E-state index in [-0.39, 0.29) is 23.9 Å². The Morgan fingerprint density at radius 1 is 1.04 bits per heavy atom. The summed E-state index contributed by atoms with van der Waals surface area (Å²) in [5, 5.41) is 2.97. The van der Waals surface area contributed by atoms with E-state index >= 15 is 0 Å². The minimum absolute atomic E-state index is 0.207. The molecule has 4 aromatic carbocycles. The fraction of sp³-hybridized carbons (Fsp3) is 0.162. The molecule has 0 unspecified atom stereocenters. The van der Waals surface area contributed by atoms with Crippen molar-refractivity contribution in [2.45, 2.75) is 26.5 Å². The number of rotatable bonds is 10. The lowest BCUT2D eigenvalue weighted by Crippen LogP contribution is -2.40. The molecule has 0 radical (unpaired) electrons. The molecule has 1 atom stereocenters. The predicted octanol–water partition coefficient (Wildman–Crippen LogP) is 6.76. The third-order valence-corrected chi connectivity index (χ3v) is 9.22. The number of nitrogens with one attached hydrogen (secondary N) is 1. The number of aromatic nitrogens is 1. The number of halogens is 2.